The molecule has 0 atom stereocenters. The number of benzene rings is 1. The third kappa shape index (κ3) is 6.00. The maximum atomic E-state index is 8.94. The van der Waals surface area contributed by atoms with Gasteiger partial charge >= 0.3 is 0 Å². The van der Waals surface area contributed by atoms with E-state index in [-0.39, 0.29) is 0 Å². The largest absolute Gasteiger partial charge is 0.473 e. The topological polar surface area (TPSA) is 106 Å². The molecule has 0 unspecified atom stereocenters. The van der Waals surface area contributed by atoms with Gasteiger partial charge in [-0.2, -0.15) is 0 Å². The molecule has 0 radical (unpaired) electrons. The van der Waals surface area contributed by atoms with E-state index >= 15 is 0 Å². The lowest BCUT2D eigenvalue weighted by Crippen LogP contribution is -2.26. The molecule has 0 spiro atoms. The molecule has 0 aliphatic heterocycles. The summed E-state index contributed by atoms with van der Waals surface area (Å²) in [7, 11) is 1.82. The van der Waals surface area contributed by atoms with Gasteiger partial charge < -0.3 is 9.75 Å². The second kappa shape index (κ2) is 9.97. The number of carbonyl (C=O) groups excluding carboxylic acids is 1. The number of hydrogen-bond donors (Lipinski definition) is 3. The van der Waals surface area contributed by atoms with Crippen molar-refractivity contribution in [3.05, 3.63) is 51.1 Å². The van der Waals surface area contributed by atoms with Gasteiger partial charge in [-0.3, -0.25) is 10.2 Å². The number of aromatic nitrogens is 1. The first kappa shape index (κ1) is 20.9. The van der Waals surface area contributed by atoms with Gasteiger partial charge in [-0.05, 0) is 54.4 Å². The predicted molar refractivity (Wildman–Crippen MR) is 103 cm³/mol. The van der Waals surface area contributed by atoms with Gasteiger partial charge in [0.25, 0.3) is 0 Å². The van der Waals surface area contributed by atoms with Gasteiger partial charge in [0.1, 0.15) is 6.61 Å². The van der Waals surface area contributed by atoms with E-state index in [1.54, 1.807) is 10.4 Å². The first-order valence-electron chi connectivity index (χ1n) is 7.55. The molecule has 1 aromatic carbocycles. The Bertz CT molecular complexity index is 722. The van der Waals surface area contributed by atoms with Gasteiger partial charge in [-0.1, -0.05) is 12.1 Å². The van der Waals surface area contributed by atoms with E-state index in [4.69, 9.17) is 15.4 Å². The number of amides is 1. The molecule has 136 valence electrons. The van der Waals surface area contributed by atoms with Crippen LogP contribution < -0.4 is 26.9 Å². The number of nitrogens with zero attached hydrogens (tertiary/aromatic N) is 2. The fourth-order valence-corrected chi connectivity index (χ4v) is 2.57. The van der Waals surface area contributed by atoms with Crippen molar-refractivity contribution >= 4 is 28.0 Å². The first-order chi connectivity index (χ1) is 11.8. The van der Waals surface area contributed by atoms with Crippen molar-refractivity contribution in [3.8, 4) is 5.88 Å². The van der Waals surface area contributed by atoms with Crippen molar-refractivity contribution in [1.82, 2.24) is 10.4 Å². The Balaban J connectivity index is 0.000000705. The number of rotatable bonds is 5. The molecule has 1 heterocycles. The molecule has 0 bridgehead atoms. The van der Waals surface area contributed by atoms with Crippen molar-refractivity contribution in [1.29, 1.82) is 0 Å². The number of hydrazine groups is 2. The monoisotopic (exact) mass is 409 g/mol. The highest BCUT2D eigenvalue weighted by atomic mass is 79.9. The van der Waals surface area contributed by atoms with E-state index in [0.29, 0.717) is 18.9 Å². The summed E-state index contributed by atoms with van der Waals surface area (Å²) in [5.74, 6) is 10.9. The van der Waals surface area contributed by atoms with Gasteiger partial charge in [-0.15, -0.1) is 0 Å². The van der Waals surface area contributed by atoms with Crippen LogP contribution in [0.4, 0.5) is 5.69 Å². The first-order valence-corrected chi connectivity index (χ1v) is 8.34. The van der Waals surface area contributed by atoms with Crippen LogP contribution in [0.1, 0.15) is 22.4 Å². The zero-order valence-corrected chi connectivity index (χ0v) is 16.4. The summed E-state index contributed by atoms with van der Waals surface area (Å²) in [5.41, 5.74) is 6.85. The minimum Gasteiger partial charge on any atom is -0.473 e. The van der Waals surface area contributed by atoms with Crippen LogP contribution in [-0.2, 0) is 11.4 Å². The van der Waals surface area contributed by atoms with E-state index in [2.05, 4.69) is 39.7 Å². The van der Waals surface area contributed by atoms with Crippen LogP contribution in [0, 0.1) is 20.8 Å². The molecule has 8 heteroatoms. The third-order valence-corrected chi connectivity index (χ3v) is 4.28. The number of halogens is 1. The highest BCUT2D eigenvalue weighted by Crippen LogP contribution is 2.26. The molecule has 0 saturated heterocycles. The SMILES string of the molecule is Cc1cc(Br)c(C)nc1OCc1c(C)cccc1N(C)N.NNC=O. The van der Waals surface area contributed by atoms with E-state index in [0.717, 1.165) is 32.5 Å². The summed E-state index contributed by atoms with van der Waals surface area (Å²) in [5, 5.41) is 1.61. The highest BCUT2D eigenvalue weighted by Gasteiger charge is 2.11. The van der Waals surface area contributed by atoms with Crippen molar-refractivity contribution < 1.29 is 9.53 Å². The van der Waals surface area contributed by atoms with Crippen LogP contribution in [0.15, 0.2) is 28.7 Å². The van der Waals surface area contributed by atoms with Gasteiger partial charge in [0, 0.05) is 22.6 Å². The Morgan fingerprint density at radius 1 is 1.32 bits per heavy atom. The van der Waals surface area contributed by atoms with Crippen molar-refractivity contribution in [2.75, 3.05) is 12.1 Å². The summed E-state index contributed by atoms with van der Waals surface area (Å²) in [4.78, 5) is 13.4. The molecule has 7 nitrogen and oxygen atoms in total. The summed E-state index contributed by atoms with van der Waals surface area (Å²) in [6.45, 7) is 6.43. The Kier molecular flexibility index (Phi) is 8.33. The molecule has 0 aliphatic carbocycles. The maximum Gasteiger partial charge on any atom is 0.221 e. The fraction of sp³-hybridized carbons (Fsp3) is 0.294. The molecular formula is C17H24BrN5O2. The number of carbonyl (C=O) groups is 1. The minimum atomic E-state index is 0.403. The molecule has 2 rings (SSSR count). The lowest BCUT2D eigenvalue weighted by atomic mass is 10.1. The predicted octanol–water partition coefficient (Wildman–Crippen LogP) is 2.26. The summed E-state index contributed by atoms with van der Waals surface area (Å²) in [6.07, 6.45) is 0.403. The zero-order valence-electron chi connectivity index (χ0n) is 14.8. The lowest BCUT2D eigenvalue weighted by Gasteiger charge is -2.19. The number of anilines is 1. The Hall–Kier alpha value is -2.16. The van der Waals surface area contributed by atoms with E-state index in [9.17, 15) is 0 Å². The molecular weight excluding hydrogens is 386 g/mol. The molecule has 5 N–H and O–H groups in total. The number of nitrogens with two attached hydrogens (primary N) is 2. The summed E-state index contributed by atoms with van der Waals surface area (Å²) in [6, 6.07) is 8.05. The van der Waals surface area contributed by atoms with Crippen molar-refractivity contribution in [3.63, 3.8) is 0 Å². The Labute approximate surface area is 156 Å². The average molecular weight is 410 g/mol. The second-order valence-corrected chi connectivity index (χ2v) is 6.29. The molecule has 0 saturated carbocycles. The van der Waals surface area contributed by atoms with Gasteiger partial charge in [-0.25, -0.2) is 16.7 Å². The lowest BCUT2D eigenvalue weighted by molar-refractivity contribution is -0.109. The summed E-state index contributed by atoms with van der Waals surface area (Å²) < 4.78 is 6.91. The standard InChI is InChI=1S/C16H20BrN3O.CH4N2O/c1-10-6-5-7-15(20(4)18)13(10)9-21-16-11(2)8-14(17)12(3)19-16;2-3-1-4/h5-8H,9,18H2,1-4H3;1H,2H2,(H,3,4). The normalized spacial score (nSPS) is 9.72. The van der Waals surface area contributed by atoms with Gasteiger partial charge in [0.05, 0.1) is 11.4 Å². The number of ether oxygens (including phenoxy) is 1. The number of nitrogens with one attached hydrogen (secondary N) is 1. The van der Waals surface area contributed by atoms with Crippen LogP contribution in [0.3, 0.4) is 0 Å². The molecule has 25 heavy (non-hydrogen) atoms. The van der Waals surface area contributed by atoms with Crippen LogP contribution in [0.25, 0.3) is 0 Å². The average Bonchev–Trinajstić information content (AvgIpc) is 2.57. The zero-order chi connectivity index (χ0) is 19.0. The van der Waals surface area contributed by atoms with Crippen molar-refractivity contribution in [2.45, 2.75) is 27.4 Å². The Morgan fingerprint density at radius 2 is 1.96 bits per heavy atom. The van der Waals surface area contributed by atoms with Gasteiger partial charge in [0.2, 0.25) is 12.3 Å². The smallest absolute Gasteiger partial charge is 0.221 e. The van der Waals surface area contributed by atoms with Crippen LogP contribution in [0.2, 0.25) is 0 Å². The van der Waals surface area contributed by atoms with Crippen LogP contribution >= 0.6 is 15.9 Å². The van der Waals surface area contributed by atoms with Gasteiger partial charge in [0.15, 0.2) is 0 Å². The van der Waals surface area contributed by atoms with Crippen LogP contribution in [0.5, 0.6) is 5.88 Å². The van der Waals surface area contributed by atoms with E-state index in [1.807, 2.05) is 39.1 Å². The van der Waals surface area contributed by atoms with E-state index < -0.39 is 0 Å². The number of aryl methyl sites for hydroxylation is 3. The molecule has 1 aromatic heterocycles. The summed E-state index contributed by atoms with van der Waals surface area (Å²) >= 11 is 3.48. The minimum absolute atomic E-state index is 0.403. The number of pyridine rings is 1. The third-order valence-electron chi connectivity index (χ3n) is 3.48. The number of hydrogen-bond acceptors (Lipinski definition) is 6. The fourth-order valence-electron chi connectivity index (χ4n) is 2.14. The van der Waals surface area contributed by atoms with E-state index in [1.165, 1.54) is 0 Å². The Morgan fingerprint density at radius 3 is 2.52 bits per heavy atom. The molecule has 0 aliphatic rings. The quantitative estimate of drug-likeness (QED) is 0.302. The van der Waals surface area contributed by atoms with Crippen LogP contribution in [-0.4, -0.2) is 18.4 Å². The molecule has 0 fully saturated rings. The molecule has 1 amide bonds. The maximum absolute atomic E-state index is 8.94. The highest BCUT2D eigenvalue weighted by molar-refractivity contribution is 9.10. The van der Waals surface area contributed by atoms with Crippen molar-refractivity contribution in [2.24, 2.45) is 11.7 Å². The molecule has 2 aromatic rings. The second-order valence-electron chi connectivity index (χ2n) is 5.43.